The van der Waals surface area contributed by atoms with E-state index in [4.69, 9.17) is 0 Å². The van der Waals surface area contributed by atoms with E-state index in [1.807, 2.05) is 0 Å². The van der Waals surface area contributed by atoms with Crippen LogP contribution in [-0.4, -0.2) is 0 Å². The van der Waals surface area contributed by atoms with Gasteiger partial charge in [0.1, 0.15) is 0 Å². The summed E-state index contributed by atoms with van der Waals surface area (Å²) in [5, 5.41) is 0. The van der Waals surface area contributed by atoms with Gasteiger partial charge >= 0.3 is 0 Å². The van der Waals surface area contributed by atoms with Crippen LogP contribution in [0.2, 0.25) is 0 Å². The van der Waals surface area contributed by atoms with Gasteiger partial charge in [-0.15, -0.1) is 0 Å². The van der Waals surface area contributed by atoms with Gasteiger partial charge in [0.2, 0.25) is 0 Å². The van der Waals surface area contributed by atoms with Gasteiger partial charge in [0.15, 0.2) is 0 Å². The molecule has 0 amide bonds. The molecule has 21 heavy (non-hydrogen) atoms. The van der Waals surface area contributed by atoms with Crippen molar-refractivity contribution < 1.29 is 0 Å². The van der Waals surface area contributed by atoms with Crippen molar-refractivity contribution in [3.63, 3.8) is 0 Å². The molecule has 1 aliphatic carbocycles. The molecule has 0 N–H and O–H groups in total. The van der Waals surface area contributed by atoms with Crippen molar-refractivity contribution in [2.45, 2.75) is 60.8 Å². The number of rotatable bonds is 2. The van der Waals surface area contributed by atoms with Crippen LogP contribution in [0.5, 0.6) is 0 Å². The summed E-state index contributed by atoms with van der Waals surface area (Å²) in [6, 6.07) is 0. The number of benzene rings is 1. The van der Waals surface area contributed by atoms with Crippen LogP contribution in [0, 0.1) is 27.7 Å². The Labute approximate surface area is 130 Å². The molecule has 112 valence electrons. The molecule has 0 aromatic heterocycles. The topological polar surface area (TPSA) is 0 Å². The average Bonchev–Trinajstić information content (AvgIpc) is 2.50. The molecule has 0 nitrogen and oxygen atoms in total. The Kier molecular flexibility index (Phi) is 4.88. The van der Waals surface area contributed by atoms with E-state index in [1.54, 1.807) is 5.56 Å². The first-order chi connectivity index (χ1) is 9.97. The summed E-state index contributed by atoms with van der Waals surface area (Å²) in [6.45, 7) is 13.4. The Hall–Kier alpha value is -1.56. The van der Waals surface area contributed by atoms with Crippen LogP contribution in [0.4, 0.5) is 0 Å². The molecule has 0 aliphatic heterocycles. The molecule has 0 fully saturated rings. The van der Waals surface area contributed by atoms with Crippen LogP contribution in [0.25, 0.3) is 5.57 Å². The van der Waals surface area contributed by atoms with E-state index >= 15 is 0 Å². The number of allylic oxidation sites excluding steroid dienone is 6. The number of hydrogen-bond acceptors (Lipinski definition) is 0. The van der Waals surface area contributed by atoms with Crippen molar-refractivity contribution in [3.8, 4) is 0 Å². The van der Waals surface area contributed by atoms with Crippen LogP contribution >= 0.6 is 0 Å². The smallest absolute Gasteiger partial charge is 0.0158 e. The number of fused-ring (bicyclic) bond motifs is 1. The Bertz CT molecular complexity index is 637. The first kappa shape index (κ1) is 15.8. The van der Waals surface area contributed by atoms with Crippen LogP contribution < -0.4 is 0 Å². The maximum Gasteiger partial charge on any atom is -0.0158 e. The molecule has 0 heterocycles. The second kappa shape index (κ2) is 6.47. The molecule has 0 spiro atoms. The molecule has 0 saturated heterocycles. The Morgan fingerprint density at radius 1 is 0.905 bits per heavy atom. The molecular formula is C21H28. The van der Waals surface area contributed by atoms with Crippen molar-refractivity contribution >= 4 is 5.57 Å². The Morgan fingerprint density at radius 2 is 1.57 bits per heavy atom. The van der Waals surface area contributed by atoms with Crippen LogP contribution in [0.3, 0.4) is 0 Å². The van der Waals surface area contributed by atoms with Crippen LogP contribution in [0.15, 0.2) is 29.9 Å². The predicted octanol–water partition coefficient (Wildman–Crippen LogP) is 6.16. The zero-order valence-electron chi connectivity index (χ0n) is 14.4. The van der Waals surface area contributed by atoms with Crippen molar-refractivity contribution in [2.75, 3.05) is 0 Å². The normalized spacial score (nSPS) is 17.6. The highest BCUT2D eigenvalue weighted by molar-refractivity contribution is 5.76. The Morgan fingerprint density at radius 3 is 2.24 bits per heavy atom. The highest BCUT2D eigenvalue weighted by atomic mass is 14.3. The third-order valence-electron chi connectivity index (χ3n) is 5.12. The monoisotopic (exact) mass is 280 g/mol. The lowest BCUT2D eigenvalue weighted by Crippen LogP contribution is -2.10. The molecule has 0 saturated carbocycles. The van der Waals surface area contributed by atoms with Gasteiger partial charge in [0, 0.05) is 0 Å². The zero-order valence-corrected chi connectivity index (χ0v) is 14.4. The molecule has 0 bridgehead atoms. The van der Waals surface area contributed by atoms with E-state index in [2.05, 4.69) is 65.8 Å². The van der Waals surface area contributed by atoms with Crippen molar-refractivity contribution in [1.82, 2.24) is 0 Å². The van der Waals surface area contributed by atoms with Gasteiger partial charge in [-0.1, -0.05) is 29.9 Å². The fraction of sp³-hybridized carbons (Fsp3) is 0.429. The van der Waals surface area contributed by atoms with Crippen molar-refractivity contribution in [2.24, 2.45) is 0 Å². The van der Waals surface area contributed by atoms with E-state index in [9.17, 15) is 0 Å². The lowest BCUT2D eigenvalue weighted by atomic mass is 9.78. The highest BCUT2D eigenvalue weighted by Gasteiger charge is 2.20. The minimum Gasteiger partial charge on any atom is -0.0847 e. The minimum atomic E-state index is 1.20. The van der Waals surface area contributed by atoms with Crippen molar-refractivity contribution in [1.29, 1.82) is 0 Å². The van der Waals surface area contributed by atoms with Gasteiger partial charge in [0.25, 0.3) is 0 Å². The fourth-order valence-electron chi connectivity index (χ4n) is 3.30. The lowest BCUT2D eigenvalue weighted by molar-refractivity contribution is 0.809. The standard InChI is InChI=1S/C21H28/c1-7-14(2)10-8-11-19-12-9-13-20-17(5)15(3)16(4)18(6)21(19)20/h7-8,10-11H,9,12-13H2,1-6H3/b10-8+,14-7+,19-11?. The summed E-state index contributed by atoms with van der Waals surface area (Å²) in [4.78, 5) is 0. The van der Waals surface area contributed by atoms with Gasteiger partial charge in [-0.3, -0.25) is 0 Å². The van der Waals surface area contributed by atoms with Gasteiger partial charge in [-0.05, 0) is 99.8 Å². The molecule has 0 unspecified atom stereocenters. The number of hydrogen-bond donors (Lipinski definition) is 0. The summed E-state index contributed by atoms with van der Waals surface area (Å²) in [5.41, 5.74) is 11.9. The summed E-state index contributed by atoms with van der Waals surface area (Å²) in [7, 11) is 0. The molecular weight excluding hydrogens is 252 g/mol. The average molecular weight is 280 g/mol. The molecule has 1 aliphatic rings. The second-order valence-electron chi connectivity index (χ2n) is 6.29. The SMILES string of the molecule is C/C=C(C)/C=C/C=C1CCCc2c(C)c(C)c(C)c(C)c21. The summed E-state index contributed by atoms with van der Waals surface area (Å²) in [6.07, 6.45) is 12.6. The van der Waals surface area contributed by atoms with E-state index in [-0.39, 0.29) is 0 Å². The molecule has 0 heteroatoms. The summed E-state index contributed by atoms with van der Waals surface area (Å²) in [5.74, 6) is 0. The van der Waals surface area contributed by atoms with Crippen LogP contribution in [-0.2, 0) is 6.42 Å². The van der Waals surface area contributed by atoms with Gasteiger partial charge in [-0.2, -0.15) is 0 Å². The molecule has 1 aromatic carbocycles. The first-order valence-electron chi connectivity index (χ1n) is 8.07. The van der Waals surface area contributed by atoms with E-state index in [0.717, 1.165) is 0 Å². The second-order valence-corrected chi connectivity index (χ2v) is 6.29. The van der Waals surface area contributed by atoms with E-state index in [0.29, 0.717) is 0 Å². The Balaban J connectivity index is 2.54. The largest absolute Gasteiger partial charge is 0.0847 e. The summed E-state index contributed by atoms with van der Waals surface area (Å²) >= 11 is 0. The molecule has 2 rings (SSSR count). The van der Waals surface area contributed by atoms with Gasteiger partial charge in [-0.25, -0.2) is 0 Å². The third-order valence-corrected chi connectivity index (χ3v) is 5.12. The predicted molar refractivity (Wildman–Crippen MR) is 94.9 cm³/mol. The van der Waals surface area contributed by atoms with Crippen molar-refractivity contribution in [3.05, 3.63) is 63.3 Å². The zero-order chi connectivity index (χ0) is 15.6. The molecule has 0 radical (unpaired) electrons. The lowest BCUT2D eigenvalue weighted by Gasteiger charge is -2.26. The van der Waals surface area contributed by atoms with Gasteiger partial charge in [0.05, 0.1) is 0 Å². The quantitative estimate of drug-likeness (QED) is 0.569. The minimum absolute atomic E-state index is 1.20. The molecule has 0 atom stereocenters. The first-order valence-corrected chi connectivity index (χ1v) is 8.07. The van der Waals surface area contributed by atoms with E-state index < -0.39 is 0 Å². The van der Waals surface area contributed by atoms with E-state index in [1.165, 1.54) is 58.2 Å². The maximum atomic E-state index is 2.33. The molecule has 1 aromatic rings. The fourth-order valence-corrected chi connectivity index (χ4v) is 3.30. The third kappa shape index (κ3) is 3.05. The van der Waals surface area contributed by atoms with Gasteiger partial charge < -0.3 is 0 Å². The highest BCUT2D eigenvalue weighted by Crippen LogP contribution is 2.38. The summed E-state index contributed by atoms with van der Waals surface area (Å²) < 4.78 is 0. The van der Waals surface area contributed by atoms with Crippen LogP contribution in [0.1, 0.15) is 60.1 Å². The maximum absolute atomic E-state index is 2.33.